The Kier molecular flexibility index (Phi) is 11.2. The number of piperidine rings is 1. The average molecular weight is 519 g/mol. The SMILES string of the molecule is CCNC(=NCCc1ccc(F)cc1)N1CCC(OCC2CCCCO2)CC1.I. The molecule has 2 fully saturated rings. The lowest BCUT2D eigenvalue weighted by atomic mass is 10.1. The summed E-state index contributed by atoms with van der Waals surface area (Å²) < 4.78 is 24.9. The molecule has 2 aliphatic heterocycles. The summed E-state index contributed by atoms with van der Waals surface area (Å²) in [5.41, 5.74) is 1.11. The second kappa shape index (κ2) is 13.4. The average Bonchev–Trinajstić information content (AvgIpc) is 2.74. The van der Waals surface area contributed by atoms with E-state index in [1.54, 1.807) is 0 Å². The van der Waals surface area contributed by atoms with E-state index < -0.39 is 0 Å². The van der Waals surface area contributed by atoms with Gasteiger partial charge in [0.25, 0.3) is 0 Å². The number of ether oxygens (including phenoxy) is 2. The minimum Gasteiger partial charge on any atom is -0.376 e. The summed E-state index contributed by atoms with van der Waals surface area (Å²) in [5, 5.41) is 3.40. The van der Waals surface area contributed by atoms with Crippen LogP contribution in [-0.2, 0) is 15.9 Å². The van der Waals surface area contributed by atoms with Crippen LogP contribution >= 0.6 is 24.0 Å². The molecule has 7 heteroatoms. The molecule has 1 aromatic rings. The number of nitrogens with zero attached hydrogens (tertiary/aromatic N) is 2. The van der Waals surface area contributed by atoms with E-state index in [1.807, 2.05) is 12.1 Å². The molecule has 2 heterocycles. The van der Waals surface area contributed by atoms with Gasteiger partial charge in [0, 0.05) is 32.8 Å². The van der Waals surface area contributed by atoms with Crippen LogP contribution in [0.4, 0.5) is 4.39 Å². The summed E-state index contributed by atoms with van der Waals surface area (Å²) >= 11 is 0. The van der Waals surface area contributed by atoms with Crippen molar-refractivity contribution in [1.29, 1.82) is 0 Å². The number of nitrogens with one attached hydrogen (secondary N) is 1. The van der Waals surface area contributed by atoms with E-state index in [-0.39, 0.29) is 35.9 Å². The molecule has 0 saturated carbocycles. The molecule has 3 rings (SSSR count). The monoisotopic (exact) mass is 519 g/mol. The van der Waals surface area contributed by atoms with Crippen LogP contribution in [0, 0.1) is 5.82 Å². The topological polar surface area (TPSA) is 46.1 Å². The summed E-state index contributed by atoms with van der Waals surface area (Å²) in [6, 6.07) is 6.67. The summed E-state index contributed by atoms with van der Waals surface area (Å²) in [5.74, 6) is 0.777. The van der Waals surface area contributed by atoms with Gasteiger partial charge in [0.05, 0.1) is 18.8 Å². The molecule has 1 atom stereocenters. The van der Waals surface area contributed by atoms with Gasteiger partial charge in [-0.1, -0.05) is 12.1 Å². The lowest BCUT2D eigenvalue weighted by molar-refractivity contribution is -0.0721. The van der Waals surface area contributed by atoms with Crippen LogP contribution in [0.15, 0.2) is 29.3 Å². The van der Waals surface area contributed by atoms with E-state index >= 15 is 0 Å². The highest BCUT2D eigenvalue weighted by Gasteiger charge is 2.23. The zero-order valence-electron chi connectivity index (χ0n) is 17.4. The maximum atomic E-state index is 13.0. The van der Waals surface area contributed by atoms with E-state index in [2.05, 4.69) is 17.1 Å². The van der Waals surface area contributed by atoms with Gasteiger partial charge < -0.3 is 19.7 Å². The van der Waals surface area contributed by atoms with Crippen molar-refractivity contribution >= 4 is 29.9 Å². The summed E-state index contributed by atoms with van der Waals surface area (Å²) in [6.45, 7) is 7.17. The number of halogens is 2. The van der Waals surface area contributed by atoms with Crippen molar-refractivity contribution in [3.63, 3.8) is 0 Å². The van der Waals surface area contributed by atoms with Gasteiger partial charge in [0.15, 0.2) is 5.96 Å². The highest BCUT2D eigenvalue weighted by Crippen LogP contribution is 2.18. The highest BCUT2D eigenvalue weighted by molar-refractivity contribution is 14.0. The molecule has 1 aromatic carbocycles. The zero-order valence-corrected chi connectivity index (χ0v) is 19.8. The number of rotatable bonds is 7. The van der Waals surface area contributed by atoms with Crippen molar-refractivity contribution in [2.45, 2.75) is 57.7 Å². The molecule has 0 radical (unpaired) electrons. The predicted molar refractivity (Wildman–Crippen MR) is 126 cm³/mol. The molecule has 0 aromatic heterocycles. The number of hydrogen-bond donors (Lipinski definition) is 1. The number of benzene rings is 1. The van der Waals surface area contributed by atoms with Crippen LogP contribution in [0.1, 0.15) is 44.6 Å². The quantitative estimate of drug-likeness (QED) is 0.336. The zero-order chi connectivity index (χ0) is 19.6. The first-order valence-electron chi connectivity index (χ1n) is 10.8. The Morgan fingerprint density at radius 1 is 1.21 bits per heavy atom. The lowest BCUT2D eigenvalue weighted by Gasteiger charge is -2.35. The van der Waals surface area contributed by atoms with Crippen LogP contribution in [0.5, 0.6) is 0 Å². The van der Waals surface area contributed by atoms with Gasteiger partial charge in [-0.05, 0) is 63.1 Å². The molecule has 0 bridgehead atoms. The van der Waals surface area contributed by atoms with Gasteiger partial charge in [-0.3, -0.25) is 4.99 Å². The number of hydrogen-bond acceptors (Lipinski definition) is 3. The van der Waals surface area contributed by atoms with Gasteiger partial charge >= 0.3 is 0 Å². The summed E-state index contributed by atoms with van der Waals surface area (Å²) in [4.78, 5) is 7.10. The minimum atomic E-state index is -0.194. The third-order valence-electron chi connectivity index (χ3n) is 5.44. The summed E-state index contributed by atoms with van der Waals surface area (Å²) in [7, 11) is 0. The third kappa shape index (κ3) is 8.38. The predicted octanol–water partition coefficient (Wildman–Crippen LogP) is 4.00. The molecule has 164 valence electrons. The Labute approximate surface area is 191 Å². The molecule has 5 nitrogen and oxygen atoms in total. The Morgan fingerprint density at radius 2 is 1.97 bits per heavy atom. The molecule has 1 N–H and O–H groups in total. The molecular formula is C22H35FIN3O2. The Bertz CT molecular complexity index is 601. The van der Waals surface area contributed by atoms with Crippen molar-refractivity contribution in [3.05, 3.63) is 35.6 Å². The molecule has 0 aliphatic carbocycles. The number of likely N-dealkylation sites (tertiary alicyclic amines) is 1. The summed E-state index contributed by atoms with van der Waals surface area (Å²) in [6.07, 6.45) is 7.04. The fraction of sp³-hybridized carbons (Fsp3) is 0.682. The van der Waals surface area contributed by atoms with Gasteiger partial charge in [-0.25, -0.2) is 4.39 Å². The van der Waals surface area contributed by atoms with E-state index in [0.717, 1.165) is 70.1 Å². The number of guanidine groups is 1. The molecule has 0 spiro atoms. The fourth-order valence-corrected chi connectivity index (χ4v) is 3.78. The molecular weight excluding hydrogens is 484 g/mol. The molecule has 2 aliphatic rings. The van der Waals surface area contributed by atoms with Crippen LogP contribution in [0.3, 0.4) is 0 Å². The molecule has 0 amide bonds. The van der Waals surface area contributed by atoms with Crippen LogP contribution in [-0.4, -0.2) is 62.5 Å². The first-order valence-corrected chi connectivity index (χ1v) is 10.8. The first kappa shape index (κ1) is 24.3. The standard InChI is InChI=1S/C22H34FN3O2.HI/c1-2-24-22(25-13-10-18-6-8-19(23)9-7-18)26-14-11-20(12-15-26)28-17-21-5-3-4-16-27-21;/h6-9,20-21H,2-5,10-17H2,1H3,(H,24,25);1H. The maximum Gasteiger partial charge on any atom is 0.193 e. The van der Waals surface area contributed by atoms with Crippen molar-refractivity contribution < 1.29 is 13.9 Å². The highest BCUT2D eigenvalue weighted by atomic mass is 127. The van der Waals surface area contributed by atoms with Crippen LogP contribution in [0.2, 0.25) is 0 Å². The second-order valence-corrected chi connectivity index (χ2v) is 7.62. The van der Waals surface area contributed by atoms with Crippen LogP contribution < -0.4 is 5.32 Å². The Hall–Kier alpha value is -0.930. The minimum absolute atomic E-state index is 0. The van der Waals surface area contributed by atoms with Crippen molar-refractivity contribution in [1.82, 2.24) is 10.2 Å². The maximum absolute atomic E-state index is 13.0. The van der Waals surface area contributed by atoms with Gasteiger partial charge in [0.2, 0.25) is 0 Å². The number of aliphatic imine (C=N–C) groups is 1. The van der Waals surface area contributed by atoms with Gasteiger partial charge in [-0.15, -0.1) is 24.0 Å². The Morgan fingerprint density at radius 3 is 2.62 bits per heavy atom. The Balaban J connectivity index is 0.00000300. The third-order valence-corrected chi connectivity index (χ3v) is 5.44. The van der Waals surface area contributed by atoms with Crippen molar-refractivity contribution in [3.8, 4) is 0 Å². The largest absolute Gasteiger partial charge is 0.376 e. The van der Waals surface area contributed by atoms with Crippen molar-refractivity contribution in [2.75, 3.05) is 39.4 Å². The van der Waals surface area contributed by atoms with Crippen LogP contribution in [0.25, 0.3) is 0 Å². The molecule has 2 saturated heterocycles. The second-order valence-electron chi connectivity index (χ2n) is 7.62. The van der Waals surface area contributed by atoms with E-state index in [4.69, 9.17) is 14.5 Å². The lowest BCUT2D eigenvalue weighted by Crippen LogP contribution is -2.47. The van der Waals surface area contributed by atoms with Crippen molar-refractivity contribution in [2.24, 2.45) is 4.99 Å². The normalized spacial score (nSPS) is 21.0. The molecule has 1 unspecified atom stereocenters. The van der Waals surface area contributed by atoms with Gasteiger partial charge in [-0.2, -0.15) is 0 Å². The van der Waals surface area contributed by atoms with E-state index in [1.165, 1.54) is 25.0 Å². The van der Waals surface area contributed by atoms with E-state index in [0.29, 0.717) is 12.6 Å². The van der Waals surface area contributed by atoms with E-state index in [9.17, 15) is 4.39 Å². The smallest absolute Gasteiger partial charge is 0.193 e. The van der Waals surface area contributed by atoms with Gasteiger partial charge in [0.1, 0.15) is 5.82 Å². The first-order chi connectivity index (χ1) is 13.7. The molecule has 29 heavy (non-hydrogen) atoms. The fourth-order valence-electron chi connectivity index (χ4n) is 3.78.